The van der Waals surface area contributed by atoms with Crippen molar-refractivity contribution in [3.8, 4) is 17.2 Å². The van der Waals surface area contributed by atoms with Crippen molar-refractivity contribution in [3.63, 3.8) is 0 Å². The Morgan fingerprint density at radius 2 is 1.75 bits per heavy atom. The Bertz CT molecular complexity index is 1270. The van der Waals surface area contributed by atoms with E-state index in [2.05, 4.69) is 10.6 Å². The molecule has 2 N–H and O–H groups in total. The number of alkyl halides is 3. The predicted molar refractivity (Wildman–Crippen MR) is 133 cm³/mol. The van der Waals surface area contributed by atoms with E-state index >= 15 is 0 Å². The van der Waals surface area contributed by atoms with E-state index in [1.165, 1.54) is 12.1 Å². The average Bonchev–Trinajstić information content (AvgIpc) is 2.91. The van der Waals surface area contributed by atoms with E-state index in [0.717, 1.165) is 42.6 Å². The summed E-state index contributed by atoms with van der Waals surface area (Å²) < 4.78 is 41.1. The van der Waals surface area contributed by atoms with Gasteiger partial charge in [0.15, 0.2) is 0 Å². The molecule has 1 aliphatic heterocycles. The highest BCUT2D eigenvalue weighted by Gasteiger charge is 2.35. The van der Waals surface area contributed by atoms with Gasteiger partial charge in [-0.2, -0.15) is 18.4 Å². The number of halogens is 3. The van der Waals surface area contributed by atoms with Gasteiger partial charge in [-0.15, -0.1) is 0 Å². The van der Waals surface area contributed by atoms with Gasteiger partial charge >= 0.3 is 6.18 Å². The van der Waals surface area contributed by atoms with E-state index in [1.807, 2.05) is 42.5 Å². The number of nitrogens with one attached hydrogen (secondary N) is 2. The lowest BCUT2D eigenvalue weighted by atomic mass is 9.76. The van der Waals surface area contributed by atoms with Crippen molar-refractivity contribution in [1.82, 2.24) is 10.6 Å². The zero-order valence-electron chi connectivity index (χ0n) is 20.0. The van der Waals surface area contributed by atoms with E-state index in [1.54, 1.807) is 25.2 Å². The Kier molecular flexibility index (Phi) is 7.76. The number of rotatable bonds is 6. The third kappa shape index (κ3) is 5.77. The number of hydrogen-bond acceptors (Lipinski definition) is 3. The maximum Gasteiger partial charge on any atom is 0.417 e. The quantitative estimate of drug-likeness (QED) is 0.449. The minimum Gasteiger partial charge on any atom is -0.355 e. The van der Waals surface area contributed by atoms with E-state index < -0.39 is 11.7 Å². The lowest BCUT2D eigenvalue weighted by molar-refractivity contribution is -0.137. The standard InChI is InChI=1S/C29H28F3N3O/c1-34-28(36)24-7-3-6-22(16-24)21-5-2-4-19(14-21)15-26(20-10-12-35-13-11-20)23-8-9-25(18-33)27(17-23)29(30,31)32/h2-9,14,16-17,20,26,35H,10-13,15H2,1H3,(H,34,36). The first kappa shape index (κ1) is 25.5. The number of benzene rings is 3. The van der Waals surface area contributed by atoms with Crippen molar-refractivity contribution >= 4 is 5.91 Å². The number of amides is 1. The van der Waals surface area contributed by atoms with Crippen molar-refractivity contribution in [1.29, 1.82) is 5.26 Å². The summed E-state index contributed by atoms with van der Waals surface area (Å²) >= 11 is 0. The van der Waals surface area contributed by atoms with Crippen LogP contribution in [0.4, 0.5) is 13.2 Å². The minimum absolute atomic E-state index is 0.117. The smallest absolute Gasteiger partial charge is 0.355 e. The van der Waals surface area contributed by atoms with Crippen LogP contribution in [0, 0.1) is 17.2 Å². The summed E-state index contributed by atoms with van der Waals surface area (Å²) in [5, 5.41) is 15.2. The van der Waals surface area contributed by atoms with Crippen LogP contribution in [0.15, 0.2) is 66.7 Å². The van der Waals surface area contributed by atoms with Crippen LogP contribution in [0.1, 0.15) is 51.4 Å². The molecule has 3 aromatic carbocycles. The first-order chi connectivity index (χ1) is 17.3. The molecule has 36 heavy (non-hydrogen) atoms. The van der Waals surface area contributed by atoms with Gasteiger partial charge in [-0.05, 0) is 90.7 Å². The molecule has 1 heterocycles. The highest BCUT2D eigenvalue weighted by atomic mass is 19.4. The Hall–Kier alpha value is -3.63. The third-order valence-corrected chi connectivity index (χ3v) is 6.92. The van der Waals surface area contributed by atoms with Crippen molar-refractivity contribution in [3.05, 3.63) is 94.5 Å². The molecule has 1 unspecified atom stereocenters. The third-order valence-electron chi connectivity index (χ3n) is 6.92. The molecular formula is C29H28F3N3O. The summed E-state index contributed by atoms with van der Waals surface area (Å²) in [5.41, 5.74) is 2.80. The Balaban J connectivity index is 1.70. The van der Waals surface area contributed by atoms with Crippen LogP contribution >= 0.6 is 0 Å². The van der Waals surface area contributed by atoms with E-state index in [0.29, 0.717) is 17.5 Å². The van der Waals surface area contributed by atoms with Gasteiger partial charge in [0.2, 0.25) is 0 Å². The molecule has 1 atom stereocenters. The fourth-order valence-corrected chi connectivity index (χ4v) is 5.04. The first-order valence-electron chi connectivity index (χ1n) is 12.0. The van der Waals surface area contributed by atoms with Crippen molar-refractivity contribution in [2.75, 3.05) is 20.1 Å². The zero-order valence-corrected chi connectivity index (χ0v) is 20.0. The van der Waals surface area contributed by atoms with E-state index in [-0.39, 0.29) is 23.3 Å². The number of nitrogens with zero attached hydrogens (tertiary/aromatic N) is 1. The topological polar surface area (TPSA) is 64.9 Å². The van der Waals surface area contributed by atoms with Gasteiger partial charge in [0.25, 0.3) is 5.91 Å². The van der Waals surface area contributed by atoms with Crippen LogP contribution in [0.5, 0.6) is 0 Å². The fraction of sp³-hybridized carbons (Fsp3) is 0.310. The summed E-state index contributed by atoms with van der Waals surface area (Å²) in [6.07, 6.45) is -2.26. The van der Waals surface area contributed by atoms with Crippen LogP contribution in [0.2, 0.25) is 0 Å². The lowest BCUT2D eigenvalue weighted by Crippen LogP contribution is -2.31. The molecule has 1 saturated heterocycles. The van der Waals surface area contributed by atoms with Gasteiger partial charge in [-0.1, -0.05) is 42.5 Å². The van der Waals surface area contributed by atoms with E-state index in [9.17, 15) is 23.2 Å². The van der Waals surface area contributed by atoms with Crippen LogP contribution in [0.3, 0.4) is 0 Å². The fourth-order valence-electron chi connectivity index (χ4n) is 5.04. The van der Waals surface area contributed by atoms with Gasteiger partial charge in [-0.25, -0.2) is 0 Å². The molecule has 0 aromatic heterocycles. The Morgan fingerprint density at radius 3 is 2.42 bits per heavy atom. The van der Waals surface area contributed by atoms with Gasteiger partial charge in [0.05, 0.1) is 17.2 Å². The van der Waals surface area contributed by atoms with Crippen LogP contribution in [-0.4, -0.2) is 26.0 Å². The molecule has 1 aliphatic rings. The van der Waals surface area contributed by atoms with Gasteiger partial charge in [0, 0.05) is 12.6 Å². The molecular weight excluding hydrogens is 463 g/mol. The van der Waals surface area contributed by atoms with Crippen molar-refractivity contribution in [2.24, 2.45) is 5.92 Å². The molecule has 4 nitrogen and oxygen atoms in total. The number of carbonyl (C=O) groups excluding carboxylic acids is 1. The van der Waals surface area contributed by atoms with Crippen LogP contribution in [-0.2, 0) is 12.6 Å². The van der Waals surface area contributed by atoms with Gasteiger partial charge in [-0.3, -0.25) is 4.79 Å². The normalized spacial score (nSPS) is 15.2. The first-order valence-corrected chi connectivity index (χ1v) is 12.0. The van der Waals surface area contributed by atoms with E-state index in [4.69, 9.17) is 0 Å². The molecule has 186 valence electrons. The van der Waals surface area contributed by atoms with Gasteiger partial charge < -0.3 is 10.6 Å². The van der Waals surface area contributed by atoms with Crippen molar-refractivity contribution in [2.45, 2.75) is 31.4 Å². The summed E-state index contributed by atoms with van der Waals surface area (Å²) in [4.78, 5) is 12.1. The lowest BCUT2D eigenvalue weighted by Gasteiger charge is -2.32. The average molecular weight is 492 g/mol. The number of carbonyl (C=O) groups is 1. The number of hydrogen-bond donors (Lipinski definition) is 2. The number of nitriles is 1. The molecule has 1 amide bonds. The maximum absolute atomic E-state index is 13.7. The second-order valence-corrected chi connectivity index (χ2v) is 9.17. The molecule has 0 bridgehead atoms. The highest BCUT2D eigenvalue weighted by molar-refractivity contribution is 5.95. The zero-order chi connectivity index (χ0) is 25.7. The summed E-state index contributed by atoms with van der Waals surface area (Å²) in [6, 6.07) is 21.1. The molecule has 7 heteroatoms. The molecule has 0 saturated carbocycles. The molecule has 1 fully saturated rings. The largest absolute Gasteiger partial charge is 0.417 e. The van der Waals surface area contributed by atoms with Crippen LogP contribution < -0.4 is 10.6 Å². The molecule has 0 radical (unpaired) electrons. The monoisotopic (exact) mass is 491 g/mol. The Morgan fingerprint density at radius 1 is 1.06 bits per heavy atom. The SMILES string of the molecule is CNC(=O)c1cccc(-c2cccc(CC(c3ccc(C#N)c(C(F)(F)F)c3)C3CCNCC3)c2)c1. The second-order valence-electron chi connectivity index (χ2n) is 9.17. The second kappa shape index (κ2) is 11.0. The van der Waals surface area contributed by atoms with Crippen molar-refractivity contribution < 1.29 is 18.0 Å². The van der Waals surface area contributed by atoms with Crippen LogP contribution in [0.25, 0.3) is 11.1 Å². The van der Waals surface area contributed by atoms with Gasteiger partial charge in [0.1, 0.15) is 0 Å². The molecule has 0 spiro atoms. The minimum atomic E-state index is -4.59. The highest BCUT2D eigenvalue weighted by Crippen LogP contribution is 2.39. The summed E-state index contributed by atoms with van der Waals surface area (Å²) in [5.74, 6) is -0.0610. The predicted octanol–water partition coefficient (Wildman–Crippen LogP) is 5.93. The number of piperidine rings is 1. The summed E-state index contributed by atoms with van der Waals surface area (Å²) in [7, 11) is 1.59. The summed E-state index contributed by atoms with van der Waals surface area (Å²) in [6.45, 7) is 1.66. The molecule has 4 rings (SSSR count). The maximum atomic E-state index is 13.7. The molecule has 0 aliphatic carbocycles. The molecule has 3 aromatic rings. The Labute approximate surface area is 209 Å².